The number of carbonyl (C=O) groups is 2. The van der Waals surface area contributed by atoms with Crippen LogP contribution in [-0.4, -0.2) is 30.2 Å². The smallest absolute Gasteiger partial charge is 0.340 e. The largest absolute Gasteiger partial charge is 0.478 e. The molecule has 5 nitrogen and oxygen atoms in total. The third kappa shape index (κ3) is 3.01. The Morgan fingerprint density at radius 3 is 2.65 bits per heavy atom. The van der Waals surface area contributed by atoms with E-state index in [0.29, 0.717) is 0 Å². The first-order valence-electron chi connectivity index (χ1n) is 4.82. The fourth-order valence-corrected chi connectivity index (χ4v) is 1.19. The summed E-state index contributed by atoms with van der Waals surface area (Å²) in [5.74, 6) is -2.88. The molecule has 1 atom stereocenters. The Bertz CT molecular complexity index is 447. The molecule has 0 fully saturated rings. The monoisotopic (exact) mass is 241 g/mol. The van der Waals surface area contributed by atoms with E-state index in [0.717, 1.165) is 6.07 Å². The highest BCUT2D eigenvalue weighted by atomic mass is 19.1. The molecule has 0 saturated heterocycles. The summed E-state index contributed by atoms with van der Waals surface area (Å²) in [5, 5.41) is 11.1. The van der Waals surface area contributed by atoms with E-state index < -0.39 is 29.4 Å². The maximum Gasteiger partial charge on any atom is 0.340 e. The fourth-order valence-electron chi connectivity index (χ4n) is 1.19. The van der Waals surface area contributed by atoms with Crippen molar-refractivity contribution in [3.8, 4) is 0 Å². The zero-order valence-electron chi connectivity index (χ0n) is 9.36. The molecule has 6 heteroatoms. The Morgan fingerprint density at radius 2 is 2.12 bits per heavy atom. The van der Waals surface area contributed by atoms with Crippen LogP contribution in [0.2, 0.25) is 0 Å². The lowest BCUT2D eigenvalue weighted by atomic mass is 10.1. The van der Waals surface area contributed by atoms with Crippen molar-refractivity contribution in [2.24, 2.45) is 0 Å². The average Bonchev–Trinajstić information content (AvgIpc) is 2.27. The third-order valence-electron chi connectivity index (χ3n) is 2.21. The van der Waals surface area contributed by atoms with Crippen LogP contribution in [0.3, 0.4) is 0 Å². The zero-order valence-corrected chi connectivity index (χ0v) is 9.36. The van der Waals surface area contributed by atoms with Crippen molar-refractivity contribution in [1.29, 1.82) is 0 Å². The number of carboxylic acids is 1. The van der Waals surface area contributed by atoms with Crippen LogP contribution in [0.15, 0.2) is 18.2 Å². The minimum Gasteiger partial charge on any atom is -0.478 e. The van der Waals surface area contributed by atoms with Crippen LogP contribution in [0.25, 0.3) is 0 Å². The molecule has 0 bridgehead atoms. The molecule has 1 aromatic carbocycles. The van der Waals surface area contributed by atoms with Crippen LogP contribution < -0.4 is 5.32 Å². The van der Waals surface area contributed by atoms with Crippen molar-refractivity contribution in [3.63, 3.8) is 0 Å². The summed E-state index contributed by atoms with van der Waals surface area (Å²) >= 11 is 0. The van der Waals surface area contributed by atoms with Crippen LogP contribution >= 0.6 is 0 Å². The summed E-state index contributed by atoms with van der Waals surface area (Å²) in [6.07, 6.45) is -0.750. The Labute approximate surface area is 97.2 Å². The number of amides is 1. The van der Waals surface area contributed by atoms with E-state index in [2.05, 4.69) is 5.32 Å². The van der Waals surface area contributed by atoms with Gasteiger partial charge < -0.3 is 15.2 Å². The van der Waals surface area contributed by atoms with Gasteiger partial charge in [0.1, 0.15) is 17.5 Å². The fraction of sp³-hybridized carbons (Fsp3) is 0.273. The minimum absolute atomic E-state index is 0.0913. The van der Waals surface area contributed by atoms with Crippen molar-refractivity contribution in [2.45, 2.75) is 13.0 Å². The number of hydrogen-bond acceptors (Lipinski definition) is 3. The first-order chi connectivity index (χ1) is 7.97. The second kappa shape index (κ2) is 5.40. The number of methoxy groups -OCH3 is 1. The molecule has 0 aliphatic carbocycles. The number of ether oxygens (including phenoxy) is 1. The highest BCUT2D eigenvalue weighted by Gasteiger charge is 2.19. The lowest BCUT2D eigenvalue weighted by Crippen LogP contribution is -2.27. The molecule has 2 N–H and O–H groups in total. The van der Waals surface area contributed by atoms with Gasteiger partial charge in [-0.05, 0) is 19.1 Å². The van der Waals surface area contributed by atoms with Gasteiger partial charge in [0, 0.05) is 7.11 Å². The standard InChI is InChI=1S/C11H12FNO4/c1-6(17-2)10(14)13-8-5-3-4-7(12)9(8)11(15)16/h3-6H,1-2H3,(H,13,14)(H,15,16). The summed E-state index contributed by atoms with van der Waals surface area (Å²) in [6.45, 7) is 1.50. The number of aromatic carboxylic acids is 1. The van der Waals surface area contributed by atoms with Gasteiger partial charge in [-0.1, -0.05) is 6.07 Å². The molecule has 0 saturated carbocycles. The van der Waals surface area contributed by atoms with Crippen molar-refractivity contribution < 1.29 is 23.8 Å². The maximum atomic E-state index is 13.3. The van der Waals surface area contributed by atoms with Crippen LogP contribution in [0.5, 0.6) is 0 Å². The quantitative estimate of drug-likeness (QED) is 0.837. The number of benzene rings is 1. The first-order valence-corrected chi connectivity index (χ1v) is 4.82. The Hall–Kier alpha value is -1.95. The van der Waals surface area contributed by atoms with Crippen LogP contribution in [0.1, 0.15) is 17.3 Å². The van der Waals surface area contributed by atoms with Gasteiger partial charge in [0.15, 0.2) is 0 Å². The molecule has 0 spiro atoms. The average molecular weight is 241 g/mol. The molecule has 0 heterocycles. The number of halogens is 1. The zero-order chi connectivity index (χ0) is 13.0. The van der Waals surface area contributed by atoms with Gasteiger partial charge >= 0.3 is 5.97 Å². The van der Waals surface area contributed by atoms with Gasteiger partial charge in [-0.25, -0.2) is 9.18 Å². The molecule has 1 rings (SSSR count). The van der Waals surface area contributed by atoms with E-state index in [1.54, 1.807) is 0 Å². The van der Waals surface area contributed by atoms with E-state index in [9.17, 15) is 14.0 Å². The Morgan fingerprint density at radius 1 is 1.47 bits per heavy atom. The second-order valence-corrected chi connectivity index (χ2v) is 3.33. The molecule has 0 aromatic heterocycles. The molecule has 0 aliphatic rings. The van der Waals surface area contributed by atoms with Gasteiger partial charge in [0.05, 0.1) is 5.69 Å². The second-order valence-electron chi connectivity index (χ2n) is 3.33. The van der Waals surface area contributed by atoms with Gasteiger partial charge in [-0.15, -0.1) is 0 Å². The van der Waals surface area contributed by atoms with Crippen molar-refractivity contribution in [1.82, 2.24) is 0 Å². The minimum atomic E-state index is -1.44. The number of rotatable bonds is 4. The summed E-state index contributed by atoms with van der Waals surface area (Å²) in [6, 6.07) is 3.64. The van der Waals surface area contributed by atoms with Crippen LogP contribution in [-0.2, 0) is 9.53 Å². The predicted octanol–water partition coefficient (Wildman–Crippen LogP) is 1.50. The number of carboxylic acid groups (broad SMARTS) is 1. The first kappa shape index (κ1) is 13.1. The van der Waals surface area contributed by atoms with E-state index in [1.807, 2.05) is 0 Å². The Balaban J connectivity index is 3.03. The van der Waals surface area contributed by atoms with Gasteiger partial charge in [0.25, 0.3) is 5.91 Å². The van der Waals surface area contributed by atoms with E-state index >= 15 is 0 Å². The molecule has 1 amide bonds. The molecule has 92 valence electrons. The molecule has 0 radical (unpaired) electrons. The van der Waals surface area contributed by atoms with E-state index in [4.69, 9.17) is 9.84 Å². The molecule has 17 heavy (non-hydrogen) atoms. The van der Waals surface area contributed by atoms with Gasteiger partial charge in [-0.3, -0.25) is 4.79 Å². The SMILES string of the molecule is COC(C)C(=O)Nc1cccc(F)c1C(=O)O. The predicted molar refractivity (Wildman–Crippen MR) is 58.5 cm³/mol. The summed E-state index contributed by atoms with van der Waals surface area (Å²) < 4.78 is 18.0. The van der Waals surface area contributed by atoms with Crippen LogP contribution in [0.4, 0.5) is 10.1 Å². The van der Waals surface area contributed by atoms with Gasteiger partial charge in [0.2, 0.25) is 0 Å². The molecule has 1 aromatic rings. The number of carbonyl (C=O) groups excluding carboxylic acids is 1. The maximum absolute atomic E-state index is 13.3. The van der Waals surface area contributed by atoms with Crippen molar-refractivity contribution in [3.05, 3.63) is 29.6 Å². The molecular weight excluding hydrogens is 229 g/mol. The lowest BCUT2D eigenvalue weighted by Gasteiger charge is -2.12. The van der Waals surface area contributed by atoms with E-state index in [1.165, 1.54) is 26.2 Å². The lowest BCUT2D eigenvalue weighted by molar-refractivity contribution is -0.124. The summed E-state index contributed by atoms with van der Waals surface area (Å²) in [4.78, 5) is 22.3. The number of nitrogens with one attached hydrogen (secondary N) is 1. The third-order valence-corrected chi connectivity index (χ3v) is 2.21. The van der Waals surface area contributed by atoms with Gasteiger partial charge in [-0.2, -0.15) is 0 Å². The molecule has 0 aliphatic heterocycles. The number of anilines is 1. The van der Waals surface area contributed by atoms with Crippen LogP contribution in [0, 0.1) is 5.82 Å². The highest BCUT2D eigenvalue weighted by Crippen LogP contribution is 2.19. The highest BCUT2D eigenvalue weighted by molar-refractivity contribution is 6.01. The van der Waals surface area contributed by atoms with E-state index in [-0.39, 0.29) is 5.69 Å². The summed E-state index contributed by atoms with van der Waals surface area (Å²) in [7, 11) is 1.34. The topological polar surface area (TPSA) is 75.6 Å². The van der Waals surface area contributed by atoms with Crippen molar-refractivity contribution >= 4 is 17.6 Å². The Kier molecular flexibility index (Phi) is 4.17. The molecule has 1 unspecified atom stereocenters. The van der Waals surface area contributed by atoms with Crippen molar-refractivity contribution in [2.75, 3.05) is 12.4 Å². The normalized spacial score (nSPS) is 11.9. The number of hydrogen-bond donors (Lipinski definition) is 2. The molecular formula is C11H12FNO4. The summed E-state index contributed by atoms with van der Waals surface area (Å²) in [5.41, 5.74) is -0.657.